The molecule has 0 aliphatic carbocycles. The number of carbonyl (C=O) groups excluding carboxylic acids is 1. The van der Waals surface area contributed by atoms with Gasteiger partial charge in [0.25, 0.3) is 0 Å². The fraction of sp³-hybridized carbons (Fsp3) is 0.375. The number of benzene rings is 1. The van der Waals surface area contributed by atoms with Gasteiger partial charge in [0.2, 0.25) is 5.91 Å². The SMILES string of the molecule is CNCC(=O)Nc1c(C)cnn1Cc1ccc(OC)c(OC)c1. The molecule has 1 heterocycles. The van der Waals surface area contributed by atoms with Gasteiger partial charge in [-0.3, -0.25) is 4.79 Å². The van der Waals surface area contributed by atoms with Crippen molar-refractivity contribution in [1.29, 1.82) is 0 Å². The van der Waals surface area contributed by atoms with E-state index < -0.39 is 0 Å². The van der Waals surface area contributed by atoms with Crippen LogP contribution < -0.4 is 20.1 Å². The van der Waals surface area contributed by atoms with Crippen LogP contribution in [0.2, 0.25) is 0 Å². The largest absolute Gasteiger partial charge is 0.493 e. The molecular formula is C16H22N4O3. The summed E-state index contributed by atoms with van der Waals surface area (Å²) in [7, 11) is 4.93. The van der Waals surface area contributed by atoms with Gasteiger partial charge in [-0.2, -0.15) is 5.10 Å². The summed E-state index contributed by atoms with van der Waals surface area (Å²) in [5, 5.41) is 10.0. The topological polar surface area (TPSA) is 77.4 Å². The second kappa shape index (κ2) is 7.64. The first-order chi connectivity index (χ1) is 11.1. The number of anilines is 1. The molecule has 7 nitrogen and oxygen atoms in total. The summed E-state index contributed by atoms with van der Waals surface area (Å²) < 4.78 is 12.3. The monoisotopic (exact) mass is 318 g/mol. The number of likely N-dealkylation sites (N-methyl/N-ethyl adjacent to an activating group) is 1. The third-order valence-electron chi connectivity index (χ3n) is 3.40. The summed E-state index contributed by atoms with van der Waals surface area (Å²) in [5.74, 6) is 1.93. The molecule has 0 unspecified atom stereocenters. The van der Waals surface area contributed by atoms with Crippen LogP contribution in [-0.4, -0.2) is 43.5 Å². The van der Waals surface area contributed by atoms with E-state index in [4.69, 9.17) is 9.47 Å². The van der Waals surface area contributed by atoms with Crippen LogP contribution in [-0.2, 0) is 11.3 Å². The first-order valence-electron chi connectivity index (χ1n) is 7.26. The van der Waals surface area contributed by atoms with Gasteiger partial charge in [-0.05, 0) is 31.7 Å². The minimum Gasteiger partial charge on any atom is -0.493 e. The molecule has 0 spiro atoms. The Labute approximate surface area is 135 Å². The number of aryl methyl sites for hydroxylation is 1. The maximum atomic E-state index is 11.8. The Kier molecular flexibility index (Phi) is 5.59. The third kappa shape index (κ3) is 4.01. The Balaban J connectivity index is 2.22. The number of amides is 1. The lowest BCUT2D eigenvalue weighted by molar-refractivity contribution is -0.115. The van der Waals surface area contributed by atoms with E-state index in [-0.39, 0.29) is 12.5 Å². The highest BCUT2D eigenvalue weighted by molar-refractivity contribution is 5.92. The van der Waals surface area contributed by atoms with E-state index in [9.17, 15) is 4.79 Å². The summed E-state index contributed by atoms with van der Waals surface area (Å²) in [5.41, 5.74) is 1.91. The van der Waals surface area contributed by atoms with Crippen LogP contribution in [0.4, 0.5) is 5.82 Å². The Morgan fingerprint density at radius 2 is 2.00 bits per heavy atom. The van der Waals surface area contributed by atoms with Gasteiger partial charge < -0.3 is 20.1 Å². The average molecular weight is 318 g/mol. The number of aromatic nitrogens is 2. The molecule has 0 radical (unpaired) electrons. The normalized spacial score (nSPS) is 10.4. The minimum atomic E-state index is -0.107. The number of rotatable bonds is 7. The summed E-state index contributed by atoms with van der Waals surface area (Å²) in [6.45, 7) is 2.68. The second-order valence-electron chi connectivity index (χ2n) is 5.10. The lowest BCUT2D eigenvalue weighted by Gasteiger charge is -2.12. The van der Waals surface area contributed by atoms with Crippen LogP contribution in [0, 0.1) is 6.92 Å². The second-order valence-corrected chi connectivity index (χ2v) is 5.10. The molecule has 1 aromatic heterocycles. The summed E-state index contributed by atoms with van der Waals surface area (Å²) >= 11 is 0. The number of hydrogen-bond acceptors (Lipinski definition) is 5. The standard InChI is InChI=1S/C16H22N4O3/c1-11-8-18-20(16(11)19-15(21)9-17-2)10-12-5-6-13(22-3)14(7-12)23-4/h5-8,17H,9-10H2,1-4H3,(H,19,21). The first-order valence-corrected chi connectivity index (χ1v) is 7.26. The van der Waals surface area contributed by atoms with Crippen LogP contribution >= 0.6 is 0 Å². The van der Waals surface area contributed by atoms with Crippen molar-refractivity contribution >= 4 is 11.7 Å². The zero-order valence-corrected chi connectivity index (χ0v) is 13.8. The van der Waals surface area contributed by atoms with Crippen LogP contribution in [0.3, 0.4) is 0 Å². The van der Waals surface area contributed by atoms with Gasteiger partial charge in [0, 0.05) is 5.56 Å². The maximum Gasteiger partial charge on any atom is 0.239 e. The van der Waals surface area contributed by atoms with Crippen molar-refractivity contribution in [3.63, 3.8) is 0 Å². The molecule has 23 heavy (non-hydrogen) atoms. The highest BCUT2D eigenvalue weighted by atomic mass is 16.5. The van der Waals surface area contributed by atoms with Crippen molar-refractivity contribution in [1.82, 2.24) is 15.1 Å². The van der Waals surface area contributed by atoms with Gasteiger partial charge in [-0.15, -0.1) is 0 Å². The molecule has 0 fully saturated rings. The predicted molar refractivity (Wildman–Crippen MR) is 88.2 cm³/mol. The first kappa shape index (κ1) is 16.8. The number of methoxy groups -OCH3 is 2. The van der Waals surface area contributed by atoms with E-state index in [2.05, 4.69) is 15.7 Å². The molecule has 2 aromatic rings. The van der Waals surface area contributed by atoms with E-state index >= 15 is 0 Å². The fourth-order valence-electron chi connectivity index (χ4n) is 2.25. The molecule has 0 aliphatic heterocycles. The van der Waals surface area contributed by atoms with E-state index in [1.165, 1.54) is 0 Å². The number of nitrogens with zero attached hydrogens (tertiary/aromatic N) is 2. The lowest BCUT2D eigenvalue weighted by atomic mass is 10.2. The smallest absolute Gasteiger partial charge is 0.239 e. The highest BCUT2D eigenvalue weighted by Gasteiger charge is 2.12. The molecule has 2 rings (SSSR count). The Hall–Kier alpha value is -2.54. The maximum absolute atomic E-state index is 11.8. The molecule has 2 N–H and O–H groups in total. The van der Waals surface area contributed by atoms with E-state index in [1.54, 1.807) is 32.1 Å². The Morgan fingerprint density at radius 1 is 1.26 bits per heavy atom. The van der Waals surface area contributed by atoms with Crippen molar-refractivity contribution in [2.45, 2.75) is 13.5 Å². The zero-order valence-electron chi connectivity index (χ0n) is 13.8. The minimum absolute atomic E-state index is 0.107. The van der Waals surface area contributed by atoms with Crippen molar-refractivity contribution in [3.8, 4) is 11.5 Å². The van der Waals surface area contributed by atoms with Gasteiger partial charge in [0.15, 0.2) is 11.5 Å². The lowest BCUT2D eigenvalue weighted by Crippen LogP contribution is -2.26. The molecule has 0 bridgehead atoms. The summed E-state index contributed by atoms with van der Waals surface area (Å²) in [6.07, 6.45) is 1.73. The van der Waals surface area contributed by atoms with Gasteiger partial charge in [0.05, 0.1) is 33.5 Å². The predicted octanol–water partition coefficient (Wildman–Crippen LogP) is 1.41. The number of hydrogen-bond donors (Lipinski definition) is 2. The van der Waals surface area contributed by atoms with E-state index in [0.29, 0.717) is 23.9 Å². The van der Waals surface area contributed by atoms with Crippen molar-refractivity contribution in [2.24, 2.45) is 0 Å². The molecule has 1 aromatic carbocycles. The molecule has 0 atom stereocenters. The molecule has 0 saturated carbocycles. The average Bonchev–Trinajstić information content (AvgIpc) is 2.88. The van der Waals surface area contributed by atoms with E-state index in [0.717, 1.165) is 11.1 Å². The number of ether oxygens (including phenoxy) is 2. The van der Waals surface area contributed by atoms with Gasteiger partial charge in [0.1, 0.15) is 5.82 Å². The van der Waals surface area contributed by atoms with Crippen LogP contribution in [0.1, 0.15) is 11.1 Å². The molecule has 1 amide bonds. The van der Waals surface area contributed by atoms with E-state index in [1.807, 2.05) is 25.1 Å². The van der Waals surface area contributed by atoms with Gasteiger partial charge >= 0.3 is 0 Å². The van der Waals surface area contributed by atoms with Crippen molar-refractivity contribution in [3.05, 3.63) is 35.5 Å². The Bertz CT molecular complexity index is 682. The Morgan fingerprint density at radius 3 is 2.65 bits per heavy atom. The van der Waals surface area contributed by atoms with Crippen LogP contribution in [0.5, 0.6) is 11.5 Å². The fourth-order valence-corrected chi connectivity index (χ4v) is 2.25. The van der Waals surface area contributed by atoms with Crippen LogP contribution in [0.25, 0.3) is 0 Å². The quantitative estimate of drug-likeness (QED) is 0.807. The molecule has 0 saturated heterocycles. The number of nitrogens with one attached hydrogen (secondary N) is 2. The van der Waals surface area contributed by atoms with Gasteiger partial charge in [-0.1, -0.05) is 6.07 Å². The summed E-state index contributed by atoms with van der Waals surface area (Å²) in [6, 6.07) is 5.69. The van der Waals surface area contributed by atoms with Gasteiger partial charge in [-0.25, -0.2) is 4.68 Å². The highest BCUT2D eigenvalue weighted by Crippen LogP contribution is 2.28. The number of carbonyl (C=O) groups is 1. The van der Waals surface area contributed by atoms with Crippen molar-refractivity contribution < 1.29 is 14.3 Å². The molecule has 7 heteroatoms. The zero-order chi connectivity index (χ0) is 16.8. The van der Waals surface area contributed by atoms with Crippen LogP contribution in [0.15, 0.2) is 24.4 Å². The third-order valence-corrected chi connectivity index (χ3v) is 3.40. The molecular weight excluding hydrogens is 296 g/mol. The molecule has 124 valence electrons. The molecule has 0 aliphatic rings. The summed E-state index contributed by atoms with van der Waals surface area (Å²) in [4.78, 5) is 11.8. The van der Waals surface area contributed by atoms with Crippen molar-refractivity contribution in [2.75, 3.05) is 33.1 Å².